The summed E-state index contributed by atoms with van der Waals surface area (Å²) in [5, 5.41) is 7.16. The summed E-state index contributed by atoms with van der Waals surface area (Å²) < 4.78 is 12.6. The van der Waals surface area contributed by atoms with Gasteiger partial charge in [-0.2, -0.15) is 0 Å². The highest BCUT2D eigenvalue weighted by Gasteiger charge is 2.07. The highest BCUT2D eigenvalue weighted by Crippen LogP contribution is 2.08. The number of halogens is 1. The van der Waals surface area contributed by atoms with E-state index in [1.165, 1.54) is 24.3 Å². The molecule has 82 valence electrons. The first kappa shape index (κ1) is 10.2. The van der Waals surface area contributed by atoms with Gasteiger partial charge in [-0.05, 0) is 24.3 Å². The number of nitrogens with one attached hydrogen (secondary N) is 3. The normalized spacial score (nSPS) is 10.1. The van der Waals surface area contributed by atoms with Crippen LogP contribution in [0.2, 0.25) is 0 Å². The van der Waals surface area contributed by atoms with Crippen molar-refractivity contribution in [3.8, 4) is 0 Å². The van der Waals surface area contributed by atoms with E-state index in [0.717, 1.165) is 6.07 Å². The summed E-state index contributed by atoms with van der Waals surface area (Å²) in [7, 11) is 0. The first-order valence-corrected chi connectivity index (χ1v) is 4.50. The average Bonchev–Trinajstić information content (AvgIpc) is 2.68. The quantitative estimate of drug-likeness (QED) is 0.709. The Balaban J connectivity index is 2.13. The molecule has 0 spiro atoms. The molecule has 0 saturated carbocycles. The van der Waals surface area contributed by atoms with Crippen LogP contribution in [0.1, 0.15) is 10.5 Å². The number of benzene rings is 1. The van der Waals surface area contributed by atoms with Crippen LogP contribution in [0.4, 0.5) is 10.1 Å². The van der Waals surface area contributed by atoms with Gasteiger partial charge in [0, 0.05) is 11.8 Å². The van der Waals surface area contributed by atoms with Gasteiger partial charge in [-0.3, -0.25) is 19.8 Å². The van der Waals surface area contributed by atoms with Crippen molar-refractivity contribution >= 4 is 11.6 Å². The molecule has 1 aromatic carbocycles. The van der Waals surface area contributed by atoms with E-state index < -0.39 is 5.91 Å². The lowest BCUT2D eigenvalue weighted by atomic mass is 10.3. The van der Waals surface area contributed by atoms with Crippen molar-refractivity contribution in [3.63, 3.8) is 0 Å². The Kier molecular flexibility index (Phi) is 2.55. The second-order valence-corrected chi connectivity index (χ2v) is 3.13. The largest absolute Gasteiger partial charge is 0.321 e. The molecule has 0 unspecified atom stereocenters. The molecule has 16 heavy (non-hydrogen) atoms. The summed E-state index contributed by atoms with van der Waals surface area (Å²) in [6.45, 7) is 0. The van der Waals surface area contributed by atoms with Gasteiger partial charge < -0.3 is 5.32 Å². The molecule has 0 aliphatic heterocycles. The van der Waals surface area contributed by atoms with Crippen LogP contribution in [0.5, 0.6) is 0 Å². The van der Waals surface area contributed by atoms with Crippen LogP contribution in [0, 0.1) is 5.82 Å². The monoisotopic (exact) mass is 221 g/mol. The topological polar surface area (TPSA) is 77.8 Å². The van der Waals surface area contributed by atoms with Crippen LogP contribution in [-0.2, 0) is 0 Å². The van der Waals surface area contributed by atoms with E-state index in [9.17, 15) is 14.0 Å². The van der Waals surface area contributed by atoms with Gasteiger partial charge in [-0.15, -0.1) is 0 Å². The van der Waals surface area contributed by atoms with Crippen LogP contribution in [0.15, 0.2) is 35.1 Å². The van der Waals surface area contributed by atoms with E-state index in [1.807, 2.05) is 0 Å². The minimum atomic E-state index is -0.468. The van der Waals surface area contributed by atoms with Crippen molar-refractivity contribution in [2.24, 2.45) is 0 Å². The summed E-state index contributed by atoms with van der Waals surface area (Å²) in [6, 6.07) is 6.46. The molecular formula is C10H8FN3O2. The van der Waals surface area contributed by atoms with Gasteiger partial charge in [-0.25, -0.2) is 4.39 Å². The van der Waals surface area contributed by atoms with Crippen molar-refractivity contribution in [3.05, 3.63) is 52.2 Å². The number of rotatable bonds is 2. The van der Waals surface area contributed by atoms with E-state index in [4.69, 9.17) is 0 Å². The number of aromatic amines is 2. The maximum absolute atomic E-state index is 12.6. The fraction of sp³-hybridized carbons (Fsp3) is 0. The second-order valence-electron chi connectivity index (χ2n) is 3.13. The third-order valence-corrected chi connectivity index (χ3v) is 1.94. The fourth-order valence-electron chi connectivity index (χ4n) is 1.19. The summed E-state index contributed by atoms with van der Waals surface area (Å²) in [4.78, 5) is 22.3. The Morgan fingerprint density at radius 3 is 2.44 bits per heavy atom. The van der Waals surface area contributed by atoms with Gasteiger partial charge in [0.05, 0.1) is 0 Å². The number of carbonyl (C=O) groups is 1. The number of carbonyl (C=O) groups excluding carboxylic acids is 1. The van der Waals surface area contributed by atoms with Crippen LogP contribution < -0.4 is 10.9 Å². The molecule has 0 radical (unpaired) electrons. The number of hydrogen-bond donors (Lipinski definition) is 3. The average molecular weight is 221 g/mol. The molecule has 0 bridgehead atoms. The van der Waals surface area contributed by atoms with Gasteiger partial charge in [0.15, 0.2) is 0 Å². The lowest BCUT2D eigenvalue weighted by Crippen LogP contribution is -2.12. The van der Waals surface area contributed by atoms with Crippen LogP contribution in [-0.4, -0.2) is 16.1 Å². The van der Waals surface area contributed by atoms with E-state index in [1.54, 1.807) is 0 Å². The summed E-state index contributed by atoms with van der Waals surface area (Å²) in [6.07, 6.45) is 0. The highest BCUT2D eigenvalue weighted by atomic mass is 19.1. The highest BCUT2D eigenvalue weighted by molar-refractivity contribution is 6.02. The summed E-state index contributed by atoms with van der Waals surface area (Å²) in [5.41, 5.74) is 0.187. The summed E-state index contributed by atoms with van der Waals surface area (Å²) >= 11 is 0. The van der Waals surface area contributed by atoms with E-state index in [-0.39, 0.29) is 17.1 Å². The van der Waals surface area contributed by atoms with Crippen LogP contribution in [0.25, 0.3) is 0 Å². The van der Waals surface area contributed by atoms with Crippen LogP contribution >= 0.6 is 0 Å². The molecule has 0 fully saturated rings. The summed E-state index contributed by atoms with van der Waals surface area (Å²) in [5.74, 6) is -0.849. The lowest BCUT2D eigenvalue weighted by Gasteiger charge is -2.02. The molecule has 0 aliphatic carbocycles. The molecule has 0 saturated heterocycles. The molecule has 1 aromatic heterocycles. The SMILES string of the molecule is O=C(Nc1ccc(F)cc1)c1cc(=O)[nH][nH]1. The Labute approximate surface area is 89.3 Å². The van der Waals surface area contributed by atoms with Crippen molar-refractivity contribution < 1.29 is 9.18 Å². The lowest BCUT2D eigenvalue weighted by molar-refractivity contribution is 0.102. The Morgan fingerprint density at radius 2 is 1.88 bits per heavy atom. The number of amides is 1. The Morgan fingerprint density at radius 1 is 1.19 bits per heavy atom. The van der Waals surface area contributed by atoms with Crippen LogP contribution in [0.3, 0.4) is 0 Å². The molecule has 1 amide bonds. The molecular weight excluding hydrogens is 213 g/mol. The molecule has 3 N–H and O–H groups in total. The molecule has 1 heterocycles. The number of hydrogen-bond acceptors (Lipinski definition) is 2. The Bertz CT molecular complexity index is 556. The van der Waals surface area contributed by atoms with E-state index in [0.29, 0.717) is 5.69 Å². The zero-order chi connectivity index (χ0) is 11.5. The van der Waals surface area contributed by atoms with Gasteiger partial charge in [0.25, 0.3) is 11.5 Å². The van der Waals surface area contributed by atoms with Gasteiger partial charge in [0.1, 0.15) is 11.5 Å². The first-order chi connectivity index (χ1) is 7.65. The van der Waals surface area contributed by atoms with Crippen molar-refractivity contribution in [1.29, 1.82) is 0 Å². The molecule has 2 rings (SSSR count). The van der Waals surface area contributed by atoms with E-state index >= 15 is 0 Å². The molecule has 5 nitrogen and oxygen atoms in total. The zero-order valence-corrected chi connectivity index (χ0v) is 8.08. The van der Waals surface area contributed by atoms with Gasteiger partial charge >= 0.3 is 0 Å². The zero-order valence-electron chi connectivity index (χ0n) is 8.08. The third kappa shape index (κ3) is 2.17. The molecule has 6 heteroatoms. The molecule has 0 aliphatic rings. The number of H-pyrrole nitrogens is 2. The fourth-order valence-corrected chi connectivity index (χ4v) is 1.19. The minimum absolute atomic E-state index is 0.120. The predicted octanol–water partition coefficient (Wildman–Crippen LogP) is 1.09. The van der Waals surface area contributed by atoms with Gasteiger partial charge in [-0.1, -0.05) is 0 Å². The Hall–Kier alpha value is -2.37. The van der Waals surface area contributed by atoms with Crippen molar-refractivity contribution in [2.75, 3.05) is 5.32 Å². The maximum Gasteiger partial charge on any atom is 0.273 e. The first-order valence-electron chi connectivity index (χ1n) is 4.50. The smallest absolute Gasteiger partial charge is 0.273 e. The third-order valence-electron chi connectivity index (χ3n) is 1.94. The van der Waals surface area contributed by atoms with E-state index in [2.05, 4.69) is 15.5 Å². The molecule has 2 aromatic rings. The van der Waals surface area contributed by atoms with Crippen molar-refractivity contribution in [2.45, 2.75) is 0 Å². The predicted molar refractivity (Wildman–Crippen MR) is 55.8 cm³/mol. The minimum Gasteiger partial charge on any atom is -0.321 e. The number of anilines is 1. The second kappa shape index (κ2) is 4.01. The standard InChI is InChI=1S/C10H8FN3O2/c11-6-1-3-7(4-2-6)12-10(16)8-5-9(15)14-13-8/h1-5H,(H,12,16)(H2,13,14,15). The van der Waals surface area contributed by atoms with Gasteiger partial charge in [0.2, 0.25) is 0 Å². The maximum atomic E-state index is 12.6. The van der Waals surface area contributed by atoms with Crippen molar-refractivity contribution in [1.82, 2.24) is 10.2 Å². The molecule has 0 atom stereocenters. The number of aromatic nitrogens is 2.